The zero-order valence-corrected chi connectivity index (χ0v) is 21.7. The number of rotatable bonds is 10. The second kappa shape index (κ2) is 11.2. The summed E-state index contributed by atoms with van der Waals surface area (Å²) in [6, 6.07) is 10.2. The summed E-state index contributed by atoms with van der Waals surface area (Å²) in [5, 5.41) is 0.557. The Kier molecular flexibility index (Phi) is 8.51. The van der Waals surface area contributed by atoms with Crippen LogP contribution in [-0.4, -0.2) is 20.4 Å². The predicted molar refractivity (Wildman–Crippen MR) is 136 cm³/mol. The van der Waals surface area contributed by atoms with E-state index in [-0.39, 0.29) is 16.6 Å². The summed E-state index contributed by atoms with van der Waals surface area (Å²) in [5.74, 6) is -0.784. The van der Waals surface area contributed by atoms with Crippen molar-refractivity contribution in [2.45, 2.75) is 71.2 Å². The highest BCUT2D eigenvalue weighted by Crippen LogP contribution is 2.31. The van der Waals surface area contributed by atoms with Crippen LogP contribution in [0.1, 0.15) is 56.7 Å². The second-order valence-electron chi connectivity index (χ2n) is 9.05. The van der Waals surface area contributed by atoms with Crippen LogP contribution in [0, 0.1) is 19.8 Å². The molecule has 1 N–H and O–H groups in total. The van der Waals surface area contributed by atoms with Crippen LogP contribution in [0.15, 0.2) is 56.6 Å². The van der Waals surface area contributed by atoms with E-state index in [9.17, 15) is 18.0 Å². The standard InChI is InChI=1S/C27H33NO6S/c1-6-8-9-20-16-24(29)33-22-14-18(4)15-23(25(20)22)34-27(30)26(19(5)7-2)28-35(31,32)21-12-10-17(3)11-13-21/h10-16,19,26,28H,6-9H2,1-5H3. The van der Waals surface area contributed by atoms with E-state index in [1.165, 1.54) is 18.2 Å². The number of sulfonamides is 1. The van der Waals surface area contributed by atoms with Crippen molar-refractivity contribution in [3.8, 4) is 5.75 Å². The molecule has 3 aromatic rings. The van der Waals surface area contributed by atoms with E-state index in [0.29, 0.717) is 23.8 Å². The molecule has 0 radical (unpaired) electrons. The molecule has 0 aliphatic carbocycles. The van der Waals surface area contributed by atoms with E-state index in [4.69, 9.17) is 9.15 Å². The number of aryl methyl sites for hydroxylation is 3. The highest BCUT2D eigenvalue weighted by molar-refractivity contribution is 7.89. The SMILES string of the molecule is CCCCc1cc(=O)oc2cc(C)cc(OC(=O)C(NS(=O)(=O)c3ccc(C)cc3)C(C)CC)c12. The van der Waals surface area contributed by atoms with Crippen molar-refractivity contribution in [3.63, 3.8) is 0 Å². The molecule has 0 aliphatic rings. The minimum absolute atomic E-state index is 0.0776. The maximum Gasteiger partial charge on any atom is 0.336 e. The summed E-state index contributed by atoms with van der Waals surface area (Å²) in [7, 11) is -3.96. The Morgan fingerprint density at radius 1 is 1.06 bits per heavy atom. The lowest BCUT2D eigenvalue weighted by atomic mass is 10.00. The second-order valence-corrected chi connectivity index (χ2v) is 10.8. The van der Waals surface area contributed by atoms with Gasteiger partial charge in [0.15, 0.2) is 0 Å². The maximum atomic E-state index is 13.4. The third-order valence-corrected chi connectivity index (χ3v) is 7.58. The number of benzene rings is 2. The molecular weight excluding hydrogens is 466 g/mol. The van der Waals surface area contributed by atoms with Crippen LogP contribution >= 0.6 is 0 Å². The Balaban J connectivity index is 2.00. The van der Waals surface area contributed by atoms with Gasteiger partial charge >= 0.3 is 11.6 Å². The summed E-state index contributed by atoms with van der Waals surface area (Å²) in [5.41, 5.74) is 2.29. The van der Waals surface area contributed by atoms with Gasteiger partial charge in [-0.2, -0.15) is 4.72 Å². The lowest BCUT2D eigenvalue weighted by Crippen LogP contribution is -2.47. The zero-order valence-electron chi connectivity index (χ0n) is 20.9. The van der Waals surface area contributed by atoms with Gasteiger partial charge in [-0.25, -0.2) is 18.0 Å². The van der Waals surface area contributed by atoms with Crippen LogP contribution in [0.25, 0.3) is 11.0 Å². The smallest absolute Gasteiger partial charge is 0.336 e. The minimum atomic E-state index is -3.96. The quantitative estimate of drug-likeness (QED) is 0.238. The molecule has 0 saturated heterocycles. The summed E-state index contributed by atoms with van der Waals surface area (Å²) >= 11 is 0. The van der Waals surface area contributed by atoms with Gasteiger partial charge in [-0.05, 0) is 68.0 Å². The first-order chi connectivity index (χ1) is 16.6. The Bertz CT molecular complexity index is 1360. The number of ether oxygens (including phenoxy) is 1. The largest absolute Gasteiger partial charge is 0.425 e. The lowest BCUT2D eigenvalue weighted by molar-refractivity contribution is -0.137. The molecule has 0 aliphatic heterocycles. The van der Waals surface area contributed by atoms with Crippen molar-refractivity contribution in [1.82, 2.24) is 4.72 Å². The lowest BCUT2D eigenvalue weighted by Gasteiger charge is -2.23. The van der Waals surface area contributed by atoms with E-state index >= 15 is 0 Å². The summed E-state index contributed by atoms with van der Waals surface area (Å²) in [6.45, 7) is 9.40. The number of nitrogens with one attached hydrogen (secondary N) is 1. The average Bonchev–Trinajstić information content (AvgIpc) is 2.80. The summed E-state index contributed by atoms with van der Waals surface area (Å²) in [6.07, 6.45) is 2.97. The van der Waals surface area contributed by atoms with Gasteiger partial charge in [0.25, 0.3) is 0 Å². The number of carbonyl (C=O) groups is 1. The number of carbonyl (C=O) groups excluding carboxylic acids is 1. The normalized spacial score (nSPS) is 13.5. The van der Waals surface area contributed by atoms with Crippen molar-refractivity contribution in [2.24, 2.45) is 5.92 Å². The Labute approximate surface area is 206 Å². The van der Waals surface area contributed by atoms with Gasteiger partial charge in [0.05, 0.1) is 10.3 Å². The van der Waals surface area contributed by atoms with Crippen LogP contribution in [0.5, 0.6) is 5.75 Å². The molecule has 2 unspecified atom stereocenters. The number of hydrogen-bond donors (Lipinski definition) is 1. The summed E-state index contributed by atoms with van der Waals surface area (Å²) < 4.78 is 39.9. The molecule has 8 heteroatoms. The fraction of sp³-hybridized carbons (Fsp3) is 0.407. The molecule has 0 saturated carbocycles. The van der Waals surface area contributed by atoms with Gasteiger partial charge in [-0.1, -0.05) is 51.3 Å². The van der Waals surface area contributed by atoms with Gasteiger partial charge < -0.3 is 9.15 Å². The number of unbranched alkanes of at least 4 members (excludes halogenated alkanes) is 1. The maximum absolute atomic E-state index is 13.4. The number of fused-ring (bicyclic) bond motifs is 1. The van der Waals surface area contributed by atoms with Crippen molar-refractivity contribution in [2.75, 3.05) is 0 Å². The van der Waals surface area contributed by atoms with E-state index < -0.39 is 27.7 Å². The molecular formula is C27H33NO6S. The Morgan fingerprint density at radius 3 is 2.37 bits per heavy atom. The van der Waals surface area contributed by atoms with Gasteiger partial charge in [0.1, 0.15) is 17.4 Å². The molecule has 3 rings (SSSR count). The highest BCUT2D eigenvalue weighted by atomic mass is 32.2. The van der Waals surface area contributed by atoms with E-state index in [2.05, 4.69) is 11.6 Å². The first-order valence-corrected chi connectivity index (χ1v) is 13.4. The minimum Gasteiger partial charge on any atom is -0.425 e. The molecule has 0 amide bonds. The molecule has 0 spiro atoms. The number of hydrogen-bond acceptors (Lipinski definition) is 6. The van der Waals surface area contributed by atoms with E-state index in [1.54, 1.807) is 31.2 Å². The van der Waals surface area contributed by atoms with E-state index in [1.807, 2.05) is 20.8 Å². The molecule has 0 bridgehead atoms. The Morgan fingerprint density at radius 2 is 1.74 bits per heavy atom. The average molecular weight is 500 g/mol. The van der Waals surface area contributed by atoms with Gasteiger partial charge in [0.2, 0.25) is 10.0 Å². The van der Waals surface area contributed by atoms with Crippen LogP contribution in [0.3, 0.4) is 0 Å². The third-order valence-electron chi connectivity index (χ3n) is 6.12. The van der Waals surface area contributed by atoms with Crippen molar-refractivity contribution in [3.05, 3.63) is 69.6 Å². The fourth-order valence-electron chi connectivity index (χ4n) is 3.87. The first kappa shape index (κ1) is 26.6. The molecule has 1 heterocycles. The molecule has 7 nitrogen and oxygen atoms in total. The molecule has 1 aromatic heterocycles. The van der Waals surface area contributed by atoms with Gasteiger partial charge in [-0.3, -0.25) is 0 Å². The Hall–Kier alpha value is -2.97. The monoisotopic (exact) mass is 499 g/mol. The van der Waals surface area contributed by atoms with Crippen LogP contribution in [-0.2, 0) is 21.2 Å². The van der Waals surface area contributed by atoms with Gasteiger partial charge in [-0.15, -0.1) is 0 Å². The molecule has 35 heavy (non-hydrogen) atoms. The topological polar surface area (TPSA) is 103 Å². The van der Waals surface area contributed by atoms with E-state index in [0.717, 1.165) is 29.5 Å². The number of esters is 1. The van der Waals surface area contributed by atoms with Crippen molar-refractivity contribution < 1.29 is 22.4 Å². The highest BCUT2D eigenvalue weighted by Gasteiger charge is 2.32. The van der Waals surface area contributed by atoms with Crippen LogP contribution < -0.4 is 15.1 Å². The first-order valence-electron chi connectivity index (χ1n) is 11.9. The predicted octanol–water partition coefficient (Wildman–Crippen LogP) is 5.05. The molecule has 0 fully saturated rings. The third kappa shape index (κ3) is 6.38. The zero-order chi connectivity index (χ0) is 25.8. The van der Waals surface area contributed by atoms with Crippen LogP contribution in [0.2, 0.25) is 0 Å². The van der Waals surface area contributed by atoms with Gasteiger partial charge in [0, 0.05) is 6.07 Å². The molecule has 2 aromatic carbocycles. The fourth-order valence-corrected chi connectivity index (χ4v) is 5.17. The molecule has 2 atom stereocenters. The van der Waals surface area contributed by atoms with Crippen molar-refractivity contribution >= 4 is 27.0 Å². The van der Waals surface area contributed by atoms with Crippen LogP contribution in [0.4, 0.5) is 0 Å². The van der Waals surface area contributed by atoms with Crippen molar-refractivity contribution in [1.29, 1.82) is 0 Å². The summed E-state index contributed by atoms with van der Waals surface area (Å²) in [4.78, 5) is 25.6. The molecule has 188 valence electrons.